The third kappa shape index (κ3) is 5.33. The molecule has 184 valence electrons. The number of nitrogens with one attached hydrogen (secondary N) is 2. The number of amides is 1. The summed E-state index contributed by atoms with van der Waals surface area (Å²) >= 11 is 0. The summed E-state index contributed by atoms with van der Waals surface area (Å²) < 4.78 is 54.8. The quantitative estimate of drug-likeness (QED) is 0.241. The Kier molecular flexibility index (Phi) is 6.86. The Morgan fingerprint density at radius 1 is 1.20 bits per heavy atom. The second kappa shape index (κ2) is 9.85. The number of nitrogens with zero attached hydrogens (tertiary/aromatic N) is 4. The minimum atomic E-state index is -4.55. The van der Waals surface area contributed by atoms with Crippen molar-refractivity contribution in [2.24, 2.45) is 4.99 Å². The highest BCUT2D eigenvalue weighted by molar-refractivity contribution is 6.05. The van der Waals surface area contributed by atoms with Gasteiger partial charge in [-0.25, -0.2) is 14.4 Å². The lowest BCUT2D eigenvalue weighted by atomic mass is 10.1. The molecule has 0 aliphatic rings. The van der Waals surface area contributed by atoms with Crippen molar-refractivity contribution in [1.29, 1.82) is 0 Å². The van der Waals surface area contributed by atoms with E-state index in [0.717, 1.165) is 18.3 Å². The van der Waals surface area contributed by atoms with Crippen LogP contribution in [0.25, 0.3) is 16.6 Å². The van der Waals surface area contributed by atoms with Gasteiger partial charge in [0.2, 0.25) is 0 Å². The second-order valence-electron chi connectivity index (χ2n) is 8.31. The number of pyridine rings is 1. The largest absolute Gasteiger partial charge is 0.434 e. The predicted molar refractivity (Wildman–Crippen MR) is 124 cm³/mol. The summed E-state index contributed by atoms with van der Waals surface area (Å²) in [6.45, 7) is 3.80. The highest BCUT2D eigenvalue weighted by Crippen LogP contribution is 2.30. The fourth-order valence-electron chi connectivity index (χ4n) is 3.85. The van der Waals surface area contributed by atoms with Crippen molar-refractivity contribution in [3.05, 3.63) is 59.8 Å². The zero-order chi connectivity index (χ0) is 25.2. The topological polar surface area (TPSA) is 87.4 Å². The average molecular weight is 488 g/mol. The maximum absolute atomic E-state index is 14.2. The van der Waals surface area contributed by atoms with Gasteiger partial charge in [0.1, 0.15) is 17.3 Å². The third-order valence-electron chi connectivity index (χ3n) is 5.57. The summed E-state index contributed by atoms with van der Waals surface area (Å²) in [7, 11) is 0. The maximum atomic E-state index is 14.2. The number of hydrogen-bond donors (Lipinski definition) is 2. The number of rotatable bonds is 8. The Balaban J connectivity index is 1.48. The van der Waals surface area contributed by atoms with E-state index in [-0.39, 0.29) is 22.8 Å². The number of aliphatic imine (C=N–C) groups is 1. The van der Waals surface area contributed by atoms with Gasteiger partial charge in [0.15, 0.2) is 11.4 Å². The zero-order valence-electron chi connectivity index (χ0n) is 19.2. The minimum absolute atomic E-state index is 0.0142. The van der Waals surface area contributed by atoms with E-state index >= 15 is 0 Å². The molecule has 1 amide bonds. The summed E-state index contributed by atoms with van der Waals surface area (Å²) in [5.74, 6) is -0.677. The molecule has 4 rings (SSSR count). The van der Waals surface area contributed by atoms with Crippen molar-refractivity contribution >= 4 is 34.0 Å². The van der Waals surface area contributed by atoms with Crippen LogP contribution in [0.2, 0.25) is 0 Å². The molecule has 3 aromatic heterocycles. The Morgan fingerprint density at radius 3 is 2.71 bits per heavy atom. The van der Waals surface area contributed by atoms with Crippen LogP contribution in [0.15, 0.2) is 47.6 Å². The first-order chi connectivity index (χ1) is 16.7. The lowest BCUT2D eigenvalue weighted by molar-refractivity contribution is -0.140. The number of hydrogen-bond acceptors (Lipinski definition) is 4. The monoisotopic (exact) mass is 488 g/mol. The number of aromatic nitrogens is 4. The Bertz CT molecular complexity index is 1390. The van der Waals surface area contributed by atoms with Gasteiger partial charge in [0.25, 0.3) is 5.91 Å². The smallest absolute Gasteiger partial charge is 0.348 e. The molecule has 2 N–H and O–H groups in total. The summed E-state index contributed by atoms with van der Waals surface area (Å²) in [4.78, 5) is 20.9. The average Bonchev–Trinajstić information content (AvgIpc) is 3.43. The standard InChI is InChI=1S/C24H24F4N6O/c1-3-6-15(30-19-9-5-10-20-31-18(13-34(19)20)24(26,27)28)12-11-14(2)29-23(35)22-21-16(25)7-4-8-17(21)32-33-22/h4-5,7-10,13-14H,3,6,11-12H2,1-2H3,(H,29,35)(H,32,33)/b30-15-. The van der Waals surface area contributed by atoms with E-state index in [1.807, 2.05) is 13.8 Å². The maximum Gasteiger partial charge on any atom is 0.434 e. The summed E-state index contributed by atoms with van der Waals surface area (Å²) in [5.41, 5.74) is 0.395. The van der Waals surface area contributed by atoms with Crippen molar-refractivity contribution in [3.63, 3.8) is 0 Å². The van der Waals surface area contributed by atoms with Crippen LogP contribution in [0, 0.1) is 5.82 Å². The highest BCUT2D eigenvalue weighted by atomic mass is 19.4. The van der Waals surface area contributed by atoms with Crippen molar-refractivity contribution in [2.75, 3.05) is 0 Å². The molecule has 1 aromatic carbocycles. The van der Waals surface area contributed by atoms with Gasteiger partial charge >= 0.3 is 6.18 Å². The lowest BCUT2D eigenvalue weighted by Crippen LogP contribution is -2.33. The first kappa shape index (κ1) is 24.4. The lowest BCUT2D eigenvalue weighted by Gasteiger charge is -2.14. The predicted octanol–water partition coefficient (Wildman–Crippen LogP) is 5.84. The summed E-state index contributed by atoms with van der Waals surface area (Å²) in [6.07, 6.45) is -1.12. The molecule has 0 saturated carbocycles. The minimum Gasteiger partial charge on any atom is -0.348 e. The number of halogens is 4. The number of carbonyl (C=O) groups excluding carboxylic acids is 1. The molecule has 0 aliphatic heterocycles. The molecule has 35 heavy (non-hydrogen) atoms. The molecular formula is C24H24F4N6O. The van der Waals surface area contributed by atoms with Crippen LogP contribution < -0.4 is 5.32 Å². The number of H-pyrrole nitrogens is 1. The summed E-state index contributed by atoms with van der Waals surface area (Å²) in [5, 5.41) is 9.57. The first-order valence-electron chi connectivity index (χ1n) is 11.2. The van der Waals surface area contributed by atoms with Crippen LogP contribution in [0.3, 0.4) is 0 Å². The normalized spacial score (nSPS) is 13.5. The molecule has 0 radical (unpaired) electrons. The van der Waals surface area contributed by atoms with Crippen LogP contribution in [-0.2, 0) is 6.18 Å². The van der Waals surface area contributed by atoms with Gasteiger partial charge in [-0.3, -0.25) is 14.3 Å². The molecule has 0 aliphatic carbocycles. The molecule has 7 nitrogen and oxygen atoms in total. The molecule has 3 heterocycles. The Morgan fingerprint density at radius 2 is 1.97 bits per heavy atom. The van der Waals surface area contributed by atoms with Crippen LogP contribution >= 0.6 is 0 Å². The number of benzene rings is 1. The second-order valence-corrected chi connectivity index (χ2v) is 8.31. The molecule has 0 fully saturated rings. The van der Waals surface area contributed by atoms with Gasteiger partial charge in [-0.1, -0.05) is 25.5 Å². The summed E-state index contributed by atoms with van der Waals surface area (Å²) in [6, 6.07) is 8.90. The Labute approximate surface area is 198 Å². The van der Waals surface area contributed by atoms with Crippen molar-refractivity contribution in [1.82, 2.24) is 24.9 Å². The van der Waals surface area contributed by atoms with E-state index < -0.39 is 23.6 Å². The zero-order valence-corrected chi connectivity index (χ0v) is 19.2. The fraction of sp³-hybridized carbons (Fsp3) is 0.333. The van der Waals surface area contributed by atoms with E-state index in [9.17, 15) is 22.4 Å². The van der Waals surface area contributed by atoms with E-state index in [2.05, 4.69) is 25.5 Å². The van der Waals surface area contributed by atoms with E-state index in [4.69, 9.17) is 0 Å². The van der Waals surface area contributed by atoms with Crippen LogP contribution in [-0.4, -0.2) is 37.2 Å². The van der Waals surface area contributed by atoms with Gasteiger partial charge in [-0.2, -0.15) is 18.3 Å². The van der Waals surface area contributed by atoms with Crippen molar-refractivity contribution in [3.8, 4) is 0 Å². The van der Waals surface area contributed by atoms with Gasteiger partial charge in [-0.15, -0.1) is 0 Å². The van der Waals surface area contributed by atoms with Gasteiger partial charge in [0, 0.05) is 18.0 Å². The van der Waals surface area contributed by atoms with E-state index in [1.165, 1.54) is 22.6 Å². The SMILES string of the molecule is CCC/C(CCC(C)NC(=O)c1n[nH]c2cccc(F)c12)=N/c1cccc2nc(C(F)(F)F)cn12. The van der Waals surface area contributed by atoms with Gasteiger partial charge in [0.05, 0.1) is 10.9 Å². The molecule has 1 unspecified atom stereocenters. The van der Waals surface area contributed by atoms with Crippen LogP contribution in [0.4, 0.5) is 23.4 Å². The molecular weight excluding hydrogens is 464 g/mol. The van der Waals surface area contributed by atoms with Crippen LogP contribution in [0.5, 0.6) is 0 Å². The first-order valence-corrected chi connectivity index (χ1v) is 11.2. The Hall–Kier alpha value is -3.76. The number of fused-ring (bicyclic) bond motifs is 2. The number of aromatic amines is 1. The number of alkyl halides is 3. The van der Waals surface area contributed by atoms with Crippen molar-refractivity contribution in [2.45, 2.75) is 51.7 Å². The van der Waals surface area contributed by atoms with E-state index in [0.29, 0.717) is 30.6 Å². The van der Waals surface area contributed by atoms with Gasteiger partial charge in [-0.05, 0) is 50.5 Å². The number of carbonyl (C=O) groups is 1. The van der Waals surface area contributed by atoms with E-state index in [1.54, 1.807) is 18.2 Å². The molecule has 0 bridgehead atoms. The molecule has 11 heteroatoms. The molecule has 0 saturated heterocycles. The highest BCUT2D eigenvalue weighted by Gasteiger charge is 2.34. The van der Waals surface area contributed by atoms with Crippen molar-refractivity contribution < 1.29 is 22.4 Å². The molecule has 0 spiro atoms. The fourth-order valence-corrected chi connectivity index (χ4v) is 3.85. The van der Waals surface area contributed by atoms with Crippen LogP contribution in [0.1, 0.15) is 55.7 Å². The molecule has 4 aromatic rings. The number of imidazole rings is 1. The van der Waals surface area contributed by atoms with Gasteiger partial charge < -0.3 is 5.32 Å². The third-order valence-corrected chi connectivity index (χ3v) is 5.57. The molecule has 1 atom stereocenters.